The third-order valence-corrected chi connectivity index (χ3v) is 3.78. The van der Waals surface area contributed by atoms with Crippen LogP contribution in [0.2, 0.25) is 0 Å². The van der Waals surface area contributed by atoms with Crippen LogP contribution in [0.3, 0.4) is 0 Å². The van der Waals surface area contributed by atoms with Crippen molar-refractivity contribution in [2.75, 3.05) is 11.2 Å². The van der Waals surface area contributed by atoms with E-state index in [-0.39, 0.29) is 63.1 Å². The molecule has 1 aromatic rings. The molecule has 0 aliphatic carbocycles. The van der Waals surface area contributed by atoms with Crippen LogP contribution in [0.5, 0.6) is 0 Å². The first-order chi connectivity index (χ1) is 8.19. The molecule has 0 amide bonds. The average molecular weight is 353 g/mol. The summed E-state index contributed by atoms with van der Waals surface area (Å²) in [5, 5.41) is 9.80. The Morgan fingerprint density at radius 1 is 1.32 bits per heavy atom. The molecule has 1 aliphatic rings. The molecule has 0 aromatic heterocycles. The molecule has 1 unspecified atom stereocenters. The zero-order valence-corrected chi connectivity index (χ0v) is 17.2. The van der Waals surface area contributed by atoms with Crippen LogP contribution in [0, 0.1) is 6.54 Å². The Hall–Kier alpha value is 0.405. The Labute approximate surface area is 162 Å². The third kappa shape index (κ3) is 4.18. The first-order valence-corrected chi connectivity index (χ1v) is 7.32. The number of hydrogen-bond donors (Lipinski definition) is 1. The standard InChI is InChI=1S/C12H15N2O3S.Rb/c1-9-13-12(2,15)8-14(9)10-4-6-11(7-5-10)18(3,16)17;/h4-8,15H,1-3H3;/q-1;+1. The fourth-order valence-electron chi connectivity index (χ4n) is 1.86. The van der Waals surface area contributed by atoms with Crippen LogP contribution in [0.15, 0.2) is 34.2 Å². The largest absolute Gasteiger partial charge is 1.00 e. The van der Waals surface area contributed by atoms with E-state index in [1.807, 2.05) is 0 Å². The molecular formula is C12H15N2O3RbS. The predicted octanol–water partition coefficient (Wildman–Crippen LogP) is -1.80. The van der Waals surface area contributed by atoms with Crippen LogP contribution in [0.25, 0.3) is 0 Å². The number of benzene rings is 1. The fraction of sp³-hybridized carbons (Fsp3) is 0.333. The van der Waals surface area contributed by atoms with Gasteiger partial charge in [-0.2, -0.15) is 6.54 Å². The van der Waals surface area contributed by atoms with Crippen LogP contribution in [-0.2, 0) is 9.84 Å². The molecule has 5 nitrogen and oxygen atoms in total. The van der Waals surface area contributed by atoms with Crippen molar-refractivity contribution < 1.29 is 71.7 Å². The van der Waals surface area contributed by atoms with Crippen molar-refractivity contribution >= 4 is 21.4 Å². The molecule has 0 saturated heterocycles. The van der Waals surface area contributed by atoms with Gasteiger partial charge in [0.25, 0.3) is 0 Å². The van der Waals surface area contributed by atoms with Gasteiger partial charge in [-0.05, 0) is 38.1 Å². The molecule has 1 atom stereocenters. The maximum Gasteiger partial charge on any atom is 1.00 e. The molecule has 0 saturated carbocycles. The van der Waals surface area contributed by atoms with Gasteiger partial charge < -0.3 is 10.0 Å². The summed E-state index contributed by atoms with van der Waals surface area (Å²) in [6.45, 7) is 4.95. The molecular weight excluding hydrogens is 338 g/mol. The monoisotopic (exact) mass is 352 g/mol. The van der Waals surface area contributed by atoms with Gasteiger partial charge in [-0.1, -0.05) is 0 Å². The maximum atomic E-state index is 11.3. The SMILES string of the molecule is CC1=NC(C)(O)[CH-]N1c1ccc(S(C)(=O)=O)cc1.[Rb+]. The van der Waals surface area contributed by atoms with Crippen molar-refractivity contribution in [3.05, 3.63) is 30.8 Å². The van der Waals surface area contributed by atoms with E-state index >= 15 is 0 Å². The Balaban J connectivity index is 0.00000180. The van der Waals surface area contributed by atoms with Gasteiger partial charge in [0.05, 0.1) is 16.5 Å². The van der Waals surface area contributed by atoms with E-state index in [9.17, 15) is 13.5 Å². The summed E-state index contributed by atoms with van der Waals surface area (Å²) in [5.74, 6) is 0.659. The summed E-state index contributed by atoms with van der Waals surface area (Å²) in [4.78, 5) is 6.07. The van der Waals surface area contributed by atoms with Gasteiger partial charge in [0.2, 0.25) is 0 Å². The molecule has 2 rings (SSSR count). The van der Waals surface area contributed by atoms with Gasteiger partial charge in [-0.3, -0.25) is 4.99 Å². The molecule has 0 bridgehead atoms. The number of nitrogens with zero attached hydrogens (tertiary/aromatic N) is 2. The minimum Gasteiger partial charge on any atom is -0.479 e. The second-order valence-electron chi connectivity index (χ2n) is 4.52. The molecule has 0 spiro atoms. The van der Waals surface area contributed by atoms with Crippen LogP contribution >= 0.6 is 0 Å². The van der Waals surface area contributed by atoms with Crippen LogP contribution in [0.1, 0.15) is 13.8 Å². The number of aliphatic hydroxyl groups is 1. The molecule has 0 radical (unpaired) electrons. The zero-order chi connectivity index (χ0) is 13.6. The molecule has 1 aliphatic heterocycles. The van der Waals surface area contributed by atoms with Crippen molar-refractivity contribution in [2.24, 2.45) is 4.99 Å². The smallest absolute Gasteiger partial charge is 0.479 e. The second-order valence-corrected chi connectivity index (χ2v) is 6.53. The number of rotatable bonds is 2. The van der Waals surface area contributed by atoms with Crippen molar-refractivity contribution in [3.63, 3.8) is 0 Å². The molecule has 19 heavy (non-hydrogen) atoms. The summed E-state index contributed by atoms with van der Waals surface area (Å²) in [5.41, 5.74) is -0.444. The summed E-state index contributed by atoms with van der Waals surface area (Å²) >= 11 is 0. The van der Waals surface area contributed by atoms with Gasteiger partial charge in [-0.15, -0.1) is 0 Å². The van der Waals surface area contributed by atoms with Gasteiger partial charge in [0, 0.05) is 11.9 Å². The van der Waals surface area contributed by atoms with E-state index in [4.69, 9.17) is 0 Å². The van der Waals surface area contributed by atoms with E-state index in [0.29, 0.717) is 5.84 Å². The van der Waals surface area contributed by atoms with E-state index in [1.165, 1.54) is 6.26 Å². The van der Waals surface area contributed by atoms with E-state index in [2.05, 4.69) is 4.99 Å². The van der Waals surface area contributed by atoms with Crippen molar-refractivity contribution in [1.29, 1.82) is 0 Å². The molecule has 1 heterocycles. The molecule has 1 N–H and O–H groups in total. The maximum absolute atomic E-state index is 11.3. The summed E-state index contributed by atoms with van der Waals surface area (Å²) < 4.78 is 22.7. The molecule has 98 valence electrons. The summed E-state index contributed by atoms with van der Waals surface area (Å²) in [6.07, 6.45) is 1.17. The van der Waals surface area contributed by atoms with Crippen molar-refractivity contribution in [2.45, 2.75) is 24.5 Å². The summed E-state index contributed by atoms with van der Waals surface area (Å²) in [6, 6.07) is 6.46. The molecule has 0 fully saturated rings. The first kappa shape index (κ1) is 17.5. The van der Waals surface area contributed by atoms with Crippen LogP contribution in [-0.4, -0.2) is 31.3 Å². The minimum atomic E-state index is -3.19. The van der Waals surface area contributed by atoms with Crippen molar-refractivity contribution in [1.82, 2.24) is 0 Å². The summed E-state index contributed by atoms with van der Waals surface area (Å²) in [7, 11) is -3.19. The topological polar surface area (TPSA) is 70.0 Å². The Morgan fingerprint density at radius 3 is 2.21 bits per heavy atom. The number of aliphatic imine (C=N–C) groups is 1. The third-order valence-electron chi connectivity index (χ3n) is 2.65. The fourth-order valence-corrected chi connectivity index (χ4v) is 2.49. The minimum absolute atomic E-state index is 0. The van der Waals surface area contributed by atoms with Gasteiger partial charge >= 0.3 is 58.2 Å². The van der Waals surface area contributed by atoms with Crippen LogP contribution < -0.4 is 63.1 Å². The van der Waals surface area contributed by atoms with Crippen molar-refractivity contribution in [3.8, 4) is 0 Å². The van der Waals surface area contributed by atoms with Gasteiger partial charge in [-0.25, -0.2) is 8.42 Å². The Morgan fingerprint density at radius 2 is 1.84 bits per heavy atom. The van der Waals surface area contributed by atoms with Crippen LogP contribution in [0.4, 0.5) is 5.69 Å². The quantitative estimate of drug-likeness (QED) is 0.638. The van der Waals surface area contributed by atoms with Gasteiger partial charge in [0.15, 0.2) is 9.84 Å². The average Bonchev–Trinajstić information content (AvgIpc) is 2.51. The Bertz CT molecular complexity index is 594. The number of sulfone groups is 1. The number of anilines is 1. The number of hydrogen-bond acceptors (Lipinski definition) is 5. The van der Waals surface area contributed by atoms with E-state index < -0.39 is 15.6 Å². The predicted molar refractivity (Wildman–Crippen MR) is 70.1 cm³/mol. The normalized spacial score (nSPS) is 22.9. The zero-order valence-electron chi connectivity index (χ0n) is 11.5. The van der Waals surface area contributed by atoms with Gasteiger partial charge in [0.1, 0.15) is 0 Å². The molecule has 7 heteroatoms. The van der Waals surface area contributed by atoms with E-state index in [0.717, 1.165) is 5.69 Å². The molecule has 1 aromatic carbocycles. The van der Waals surface area contributed by atoms with E-state index in [1.54, 1.807) is 49.6 Å². The second kappa shape index (κ2) is 6.03. The first-order valence-electron chi connectivity index (χ1n) is 5.43. The Kier molecular flexibility index (Phi) is 5.54. The number of amidine groups is 1.